The quantitative estimate of drug-likeness (QED) is 0.599. The topological polar surface area (TPSA) is 119 Å². The number of aromatic hydroxyl groups is 1. The highest BCUT2D eigenvalue weighted by Crippen LogP contribution is 2.07. The van der Waals surface area contributed by atoms with Gasteiger partial charge in [-0.1, -0.05) is 13.8 Å². The molecule has 1 rings (SSSR count). The second-order valence-electron chi connectivity index (χ2n) is 4.15. The Morgan fingerprint density at radius 2 is 1.94 bits per heavy atom. The smallest absolute Gasteiger partial charge is 0.326 e. The number of hydrogen-bond donors (Lipinski definition) is 4. The molecule has 1 amide bonds. The number of hydrogen-bond acceptors (Lipinski definition) is 4. The van der Waals surface area contributed by atoms with Crippen LogP contribution in [-0.4, -0.2) is 33.1 Å². The number of carbonyl (C=O) groups excluding carboxylic acids is 1. The predicted molar refractivity (Wildman–Crippen MR) is 62.5 cm³/mol. The number of pyridine rings is 1. The average molecular weight is 254 g/mol. The zero-order chi connectivity index (χ0) is 13.9. The molecule has 7 heteroatoms. The summed E-state index contributed by atoms with van der Waals surface area (Å²) in [4.78, 5) is 35.8. The van der Waals surface area contributed by atoms with Crippen LogP contribution in [0.25, 0.3) is 0 Å². The number of aromatic nitrogens is 1. The Morgan fingerprint density at radius 3 is 2.39 bits per heavy atom. The number of carboxylic acids is 1. The van der Waals surface area contributed by atoms with Crippen molar-refractivity contribution in [2.45, 2.75) is 19.9 Å². The molecule has 1 aromatic rings. The molecule has 0 saturated heterocycles. The van der Waals surface area contributed by atoms with Gasteiger partial charge in [0, 0.05) is 12.1 Å². The van der Waals surface area contributed by atoms with Gasteiger partial charge in [0.25, 0.3) is 11.5 Å². The molecule has 0 radical (unpaired) electrons. The highest BCUT2D eigenvalue weighted by molar-refractivity contribution is 5.96. The summed E-state index contributed by atoms with van der Waals surface area (Å²) in [6.07, 6.45) is 0. The molecular formula is C11H14N2O5. The lowest BCUT2D eigenvalue weighted by molar-refractivity contribution is -0.140. The molecule has 0 fully saturated rings. The first-order valence-corrected chi connectivity index (χ1v) is 5.28. The SMILES string of the molecule is CC(C)[C@@H](NC(=O)c1cc(O)[nH]c(=O)c1)C(=O)O. The third-order valence-corrected chi connectivity index (χ3v) is 2.31. The molecule has 0 aromatic carbocycles. The highest BCUT2D eigenvalue weighted by atomic mass is 16.4. The fourth-order valence-corrected chi connectivity index (χ4v) is 1.40. The summed E-state index contributed by atoms with van der Waals surface area (Å²) in [5, 5.41) is 20.3. The van der Waals surface area contributed by atoms with E-state index >= 15 is 0 Å². The maximum Gasteiger partial charge on any atom is 0.326 e. The van der Waals surface area contributed by atoms with Gasteiger partial charge in [0.15, 0.2) is 5.88 Å². The summed E-state index contributed by atoms with van der Waals surface area (Å²) < 4.78 is 0. The Labute approximate surface area is 102 Å². The van der Waals surface area contributed by atoms with Crippen molar-refractivity contribution < 1.29 is 19.8 Å². The molecule has 0 bridgehead atoms. The predicted octanol–water partition coefficient (Wildman–Crippen LogP) is -0.0805. The number of carboxylic acid groups (broad SMARTS) is 1. The minimum atomic E-state index is -1.16. The van der Waals surface area contributed by atoms with E-state index in [4.69, 9.17) is 10.2 Å². The van der Waals surface area contributed by atoms with Crippen molar-refractivity contribution in [2.24, 2.45) is 5.92 Å². The van der Waals surface area contributed by atoms with Crippen molar-refractivity contribution >= 4 is 11.9 Å². The van der Waals surface area contributed by atoms with Crippen LogP contribution in [0.5, 0.6) is 5.88 Å². The van der Waals surface area contributed by atoms with Crippen LogP contribution in [0.15, 0.2) is 16.9 Å². The van der Waals surface area contributed by atoms with Crippen LogP contribution in [-0.2, 0) is 4.79 Å². The lowest BCUT2D eigenvalue weighted by Gasteiger charge is -2.17. The first-order valence-electron chi connectivity index (χ1n) is 5.28. The van der Waals surface area contributed by atoms with E-state index < -0.39 is 29.4 Å². The fraction of sp³-hybridized carbons (Fsp3) is 0.364. The number of nitrogens with one attached hydrogen (secondary N) is 2. The number of H-pyrrole nitrogens is 1. The lowest BCUT2D eigenvalue weighted by Crippen LogP contribution is -2.44. The van der Waals surface area contributed by atoms with E-state index in [1.165, 1.54) is 0 Å². The number of amides is 1. The minimum Gasteiger partial charge on any atom is -0.494 e. The Morgan fingerprint density at radius 1 is 1.33 bits per heavy atom. The molecule has 1 atom stereocenters. The number of rotatable bonds is 4. The van der Waals surface area contributed by atoms with Crippen LogP contribution in [0.2, 0.25) is 0 Å². The van der Waals surface area contributed by atoms with Crippen molar-refractivity contribution in [2.75, 3.05) is 0 Å². The fourth-order valence-electron chi connectivity index (χ4n) is 1.40. The van der Waals surface area contributed by atoms with Crippen molar-refractivity contribution in [3.05, 3.63) is 28.0 Å². The normalized spacial score (nSPS) is 12.2. The van der Waals surface area contributed by atoms with Crippen LogP contribution in [0.1, 0.15) is 24.2 Å². The van der Waals surface area contributed by atoms with Gasteiger partial charge in [-0.15, -0.1) is 0 Å². The van der Waals surface area contributed by atoms with Crippen molar-refractivity contribution in [3.8, 4) is 5.88 Å². The maximum absolute atomic E-state index is 11.7. The molecule has 7 nitrogen and oxygen atoms in total. The third-order valence-electron chi connectivity index (χ3n) is 2.31. The van der Waals surface area contributed by atoms with Crippen molar-refractivity contribution in [1.29, 1.82) is 0 Å². The van der Waals surface area contributed by atoms with E-state index in [1.807, 2.05) is 0 Å². The van der Waals surface area contributed by atoms with Crippen LogP contribution in [0.4, 0.5) is 0 Å². The highest BCUT2D eigenvalue weighted by Gasteiger charge is 2.24. The average Bonchev–Trinajstić information content (AvgIpc) is 2.23. The van der Waals surface area contributed by atoms with Gasteiger partial charge in [-0.05, 0) is 5.92 Å². The van der Waals surface area contributed by atoms with Gasteiger partial charge < -0.3 is 15.5 Å². The zero-order valence-electron chi connectivity index (χ0n) is 9.93. The molecule has 1 aromatic heterocycles. The van der Waals surface area contributed by atoms with E-state index in [0.29, 0.717) is 0 Å². The van der Waals surface area contributed by atoms with Gasteiger partial charge in [-0.3, -0.25) is 14.6 Å². The summed E-state index contributed by atoms with van der Waals surface area (Å²) in [5.74, 6) is -2.64. The maximum atomic E-state index is 11.7. The van der Waals surface area contributed by atoms with Crippen LogP contribution >= 0.6 is 0 Å². The Kier molecular flexibility index (Phi) is 4.09. The molecule has 0 spiro atoms. The summed E-state index contributed by atoms with van der Waals surface area (Å²) >= 11 is 0. The van der Waals surface area contributed by atoms with Gasteiger partial charge in [0.1, 0.15) is 6.04 Å². The van der Waals surface area contributed by atoms with Gasteiger partial charge in [-0.2, -0.15) is 0 Å². The molecule has 0 unspecified atom stereocenters. The van der Waals surface area contributed by atoms with Crippen molar-refractivity contribution in [3.63, 3.8) is 0 Å². The number of aliphatic carboxylic acids is 1. The molecule has 0 aliphatic carbocycles. The van der Waals surface area contributed by atoms with Crippen molar-refractivity contribution in [1.82, 2.24) is 10.3 Å². The van der Waals surface area contributed by atoms with Crippen LogP contribution < -0.4 is 10.9 Å². The first kappa shape index (κ1) is 13.8. The Balaban J connectivity index is 2.94. The Hall–Kier alpha value is -2.31. The largest absolute Gasteiger partial charge is 0.494 e. The van der Waals surface area contributed by atoms with Gasteiger partial charge in [0.2, 0.25) is 0 Å². The van der Waals surface area contributed by atoms with E-state index in [0.717, 1.165) is 12.1 Å². The molecule has 98 valence electrons. The third kappa shape index (κ3) is 3.34. The monoisotopic (exact) mass is 254 g/mol. The van der Waals surface area contributed by atoms with E-state index in [-0.39, 0.29) is 11.5 Å². The molecule has 0 saturated carbocycles. The van der Waals surface area contributed by atoms with Gasteiger partial charge >= 0.3 is 5.97 Å². The van der Waals surface area contributed by atoms with Gasteiger partial charge in [-0.25, -0.2) is 4.79 Å². The summed E-state index contributed by atoms with van der Waals surface area (Å²) in [6.45, 7) is 3.29. The van der Waals surface area contributed by atoms with Crippen LogP contribution in [0.3, 0.4) is 0 Å². The second-order valence-corrected chi connectivity index (χ2v) is 4.15. The number of carbonyl (C=O) groups is 2. The molecule has 0 aliphatic heterocycles. The Bertz CT molecular complexity index is 520. The second kappa shape index (κ2) is 5.35. The van der Waals surface area contributed by atoms with E-state index in [1.54, 1.807) is 13.8 Å². The standard InChI is InChI=1S/C11H14N2O5/c1-5(2)9(11(17)18)13-10(16)6-3-7(14)12-8(15)4-6/h3-5,9H,1-2H3,(H,13,16)(H,17,18)(H2,12,14,15)/t9-/m1/s1. The van der Waals surface area contributed by atoms with E-state index in [9.17, 15) is 14.4 Å². The summed E-state index contributed by atoms with van der Waals surface area (Å²) in [7, 11) is 0. The summed E-state index contributed by atoms with van der Waals surface area (Å²) in [5.41, 5.74) is -0.736. The molecule has 0 aliphatic rings. The van der Waals surface area contributed by atoms with Crippen LogP contribution in [0, 0.1) is 5.92 Å². The molecular weight excluding hydrogens is 240 g/mol. The molecule has 18 heavy (non-hydrogen) atoms. The summed E-state index contributed by atoms with van der Waals surface area (Å²) in [6, 6.07) is 0.975. The lowest BCUT2D eigenvalue weighted by atomic mass is 10.0. The van der Waals surface area contributed by atoms with Gasteiger partial charge in [0.05, 0.1) is 5.56 Å². The molecule has 4 N–H and O–H groups in total. The van der Waals surface area contributed by atoms with E-state index in [2.05, 4.69) is 10.3 Å². The minimum absolute atomic E-state index is 0.0943. The number of aromatic amines is 1. The molecule has 1 heterocycles. The zero-order valence-corrected chi connectivity index (χ0v) is 9.93. The first-order chi connectivity index (χ1) is 8.31.